The second kappa shape index (κ2) is 9.00. The lowest BCUT2D eigenvalue weighted by molar-refractivity contribution is -0.165. The van der Waals surface area contributed by atoms with Crippen LogP contribution in [0.4, 0.5) is 4.79 Å². The lowest BCUT2D eigenvalue weighted by atomic mass is 9.82. The Morgan fingerprint density at radius 2 is 1.69 bits per heavy atom. The quantitative estimate of drug-likeness (QED) is 0.711. The van der Waals surface area contributed by atoms with E-state index >= 15 is 0 Å². The number of hydrogen-bond acceptors (Lipinski definition) is 6. The summed E-state index contributed by atoms with van der Waals surface area (Å²) in [6.45, 7) is 4.45. The predicted molar refractivity (Wildman–Crippen MR) is 121 cm³/mol. The van der Waals surface area contributed by atoms with Crippen molar-refractivity contribution in [3.8, 4) is 11.5 Å². The standard InChI is InChI=1S/C25H32N2O5/c1-24(29)25(12-15-26(16-13-25)18-20-7-5-4-6-8-20)32-23(28)27(24)14-11-19-9-10-21(30-2)22(17-19)31-3/h4-10,17,29H,11-16,18H2,1-3H3. The van der Waals surface area contributed by atoms with Crippen LogP contribution in [0.25, 0.3) is 0 Å². The molecule has 2 aromatic carbocycles. The molecule has 1 spiro atoms. The molecule has 0 bridgehead atoms. The molecule has 2 aromatic rings. The number of benzene rings is 2. The fraction of sp³-hybridized carbons (Fsp3) is 0.480. The molecule has 2 aliphatic rings. The first-order chi connectivity index (χ1) is 15.4. The lowest BCUT2D eigenvalue weighted by Gasteiger charge is -2.45. The number of methoxy groups -OCH3 is 2. The third-order valence-corrected chi connectivity index (χ3v) is 6.88. The number of ether oxygens (including phenoxy) is 3. The first kappa shape index (κ1) is 22.4. The number of likely N-dealkylation sites (tertiary alicyclic amines) is 1. The van der Waals surface area contributed by atoms with Crippen LogP contribution in [0.2, 0.25) is 0 Å². The van der Waals surface area contributed by atoms with Gasteiger partial charge >= 0.3 is 6.09 Å². The van der Waals surface area contributed by atoms with Gasteiger partial charge in [-0.1, -0.05) is 36.4 Å². The summed E-state index contributed by atoms with van der Waals surface area (Å²) in [6.07, 6.45) is 1.32. The summed E-state index contributed by atoms with van der Waals surface area (Å²) >= 11 is 0. The van der Waals surface area contributed by atoms with Crippen molar-refractivity contribution in [2.75, 3.05) is 33.9 Å². The minimum Gasteiger partial charge on any atom is -0.493 e. The summed E-state index contributed by atoms with van der Waals surface area (Å²) < 4.78 is 16.5. The van der Waals surface area contributed by atoms with Crippen LogP contribution < -0.4 is 9.47 Å². The molecule has 7 heteroatoms. The predicted octanol–water partition coefficient (Wildman–Crippen LogP) is 3.44. The number of rotatable bonds is 7. The lowest BCUT2D eigenvalue weighted by Crippen LogP contribution is -2.60. The molecule has 7 nitrogen and oxygen atoms in total. The van der Waals surface area contributed by atoms with Crippen molar-refractivity contribution < 1.29 is 24.1 Å². The van der Waals surface area contributed by atoms with E-state index in [2.05, 4.69) is 17.0 Å². The zero-order chi connectivity index (χ0) is 22.8. The number of hydrogen-bond donors (Lipinski definition) is 1. The van der Waals surface area contributed by atoms with Crippen LogP contribution >= 0.6 is 0 Å². The highest BCUT2D eigenvalue weighted by molar-refractivity contribution is 5.72. The Kier molecular flexibility index (Phi) is 6.31. The number of aliphatic hydroxyl groups is 1. The average molecular weight is 441 g/mol. The number of carbonyl (C=O) groups excluding carboxylic acids is 1. The molecule has 1 N–H and O–H groups in total. The fourth-order valence-electron chi connectivity index (χ4n) is 4.82. The second-order valence-electron chi connectivity index (χ2n) is 8.74. The first-order valence-electron chi connectivity index (χ1n) is 11.1. The minimum atomic E-state index is -1.36. The van der Waals surface area contributed by atoms with E-state index in [4.69, 9.17) is 14.2 Å². The minimum absolute atomic E-state index is 0.358. The van der Waals surface area contributed by atoms with Gasteiger partial charge in [0.05, 0.1) is 14.2 Å². The third kappa shape index (κ3) is 4.14. The Balaban J connectivity index is 1.40. The highest BCUT2D eigenvalue weighted by Gasteiger charge is 2.62. The molecule has 2 aliphatic heterocycles. The van der Waals surface area contributed by atoms with Gasteiger partial charge < -0.3 is 19.3 Å². The molecule has 1 amide bonds. The van der Waals surface area contributed by atoms with E-state index in [0.717, 1.165) is 25.2 Å². The van der Waals surface area contributed by atoms with Crippen molar-refractivity contribution in [3.05, 3.63) is 59.7 Å². The molecular weight excluding hydrogens is 408 g/mol. The van der Waals surface area contributed by atoms with Crippen LogP contribution in [0.3, 0.4) is 0 Å². The Bertz CT molecular complexity index is 939. The van der Waals surface area contributed by atoms with Gasteiger partial charge in [-0.05, 0) is 36.6 Å². The summed E-state index contributed by atoms with van der Waals surface area (Å²) in [6, 6.07) is 16.0. The Morgan fingerprint density at radius 3 is 2.34 bits per heavy atom. The van der Waals surface area contributed by atoms with Crippen LogP contribution in [-0.4, -0.2) is 66.2 Å². The SMILES string of the molecule is COc1ccc(CCN2C(=O)OC3(CCN(Cc4ccccc4)CC3)C2(C)O)cc1OC. The summed E-state index contributed by atoms with van der Waals surface area (Å²) in [5.41, 5.74) is 0.00833. The molecule has 1 unspecified atom stereocenters. The molecule has 0 aromatic heterocycles. The number of piperidine rings is 1. The molecule has 0 saturated carbocycles. The van der Waals surface area contributed by atoms with Crippen molar-refractivity contribution >= 4 is 6.09 Å². The van der Waals surface area contributed by atoms with Crippen molar-refractivity contribution in [1.29, 1.82) is 0 Å². The van der Waals surface area contributed by atoms with Gasteiger partial charge in [-0.15, -0.1) is 0 Å². The number of nitrogens with zero attached hydrogens (tertiary/aromatic N) is 2. The van der Waals surface area contributed by atoms with Gasteiger partial charge in [0.1, 0.15) is 0 Å². The zero-order valence-corrected chi connectivity index (χ0v) is 19.0. The first-order valence-corrected chi connectivity index (χ1v) is 11.1. The van der Waals surface area contributed by atoms with Crippen LogP contribution in [0.15, 0.2) is 48.5 Å². The molecule has 2 fully saturated rings. The maximum absolute atomic E-state index is 12.8. The Hall–Kier alpha value is -2.77. The van der Waals surface area contributed by atoms with Gasteiger partial charge in [0.15, 0.2) is 22.8 Å². The molecule has 2 heterocycles. The molecule has 172 valence electrons. The average Bonchev–Trinajstić information content (AvgIpc) is 2.98. The van der Waals surface area contributed by atoms with Gasteiger partial charge in [-0.3, -0.25) is 9.80 Å². The largest absolute Gasteiger partial charge is 0.493 e. The second-order valence-corrected chi connectivity index (χ2v) is 8.74. The van der Waals surface area contributed by atoms with E-state index in [1.54, 1.807) is 21.1 Å². The molecule has 32 heavy (non-hydrogen) atoms. The van der Waals surface area contributed by atoms with Crippen LogP contribution in [-0.2, 0) is 17.7 Å². The van der Waals surface area contributed by atoms with E-state index < -0.39 is 17.4 Å². The van der Waals surface area contributed by atoms with Crippen LogP contribution in [0.1, 0.15) is 30.9 Å². The van der Waals surface area contributed by atoms with Gasteiger partial charge in [0.2, 0.25) is 0 Å². The molecule has 0 aliphatic carbocycles. The Labute approximate surface area is 189 Å². The van der Waals surface area contributed by atoms with Gasteiger partial charge in [0.25, 0.3) is 0 Å². The molecular formula is C25H32N2O5. The van der Waals surface area contributed by atoms with Crippen molar-refractivity contribution in [1.82, 2.24) is 9.80 Å². The molecule has 2 saturated heterocycles. The van der Waals surface area contributed by atoms with Crippen molar-refractivity contribution in [3.63, 3.8) is 0 Å². The maximum Gasteiger partial charge on any atom is 0.412 e. The van der Waals surface area contributed by atoms with E-state index in [1.807, 2.05) is 36.4 Å². The number of amides is 1. The van der Waals surface area contributed by atoms with Crippen molar-refractivity contribution in [2.24, 2.45) is 0 Å². The van der Waals surface area contributed by atoms with Gasteiger partial charge in [0, 0.05) is 39.0 Å². The summed E-state index contributed by atoms with van der Waals surface area (Å²) in [4.78, 5) is 16.6. The topological polar surface area (TPSA) is 71.5 Å². The maximum atomic E-state index is 12.8. The van der Waals surface area contributed by atoms with Crippen LogP contribution in [0.5, 0.6) is 11.5 Å². The Morgan fingerprint density at radius 1 is 1.00 bits per heavy atom. The fourth-order valence-corrected chi connectivity index (χ4v) is 4.82. The smallest absolute Gasteiger partial charge is 0.412 e. The van der Waals surface area contributed by atoms with Gasteiger partial charge in [-0.25, -0.2) is 4.79 Å². The molecule has 1 atom stereocenters. The molecule has 0 radical (unpaired) electrons. The summed E-state index contributed by atoms with van der Waals surface area (Å²) in [7, 11) is 3.19. The van der Waals surface area contributed by atoms with E-state index in [1.165, 1.54) is 10.5 Å². The van der Waals surface area contributed by atoms with E-state index in [9.17, 15) is 9.90 Å². The number of carbonyl (C=O) groups is 1. The monoisotopic (exact) mass is 440 g/mol. The van der Waals surface area contributed by atoms with E-state index in [0.29, 0.717) is 37.3 Å². The highest BCUT2D eigenvalue weighted by Crippen LogP contribution is 2.44. The van der Waals surface area contributed by atoms with Gasteiger partial charge in [-0.2, -0.15) is 0 Å². The van der Waals surface area contributed by atoms with Crippen LogP contribution in [0, 0.1) is 0 Å². The van der Waals surface area contributed by atoms with E-state index in [-0.39, 0.29) is 0 Å². The summed E-state index contributed by atoms with van der Waals surface area (Å²) in [5.74, 6) is 1.30. The zero-order valence-electron chi connectivity index (χ0n) is 19.0. The van der Waals surface area contributed by atoms with Crippen molar-refractivity contribution in [2.45, 2.75) is 44.1 Å². The highest BCUT2D eigenvalue weighted by atomic mass is 16.6. The third-order valence-electron chi connectivity index (χ3n) is 6.88. The summed E-state index contributed by atoms with van der Waals surface area (Å²) in [5, 5.41) is 11.5. The molecule has 4 rings (SSSR count). The normalized spacial score (nSPS) is 22.8.